The summed E-state index contributed by atoms with van der Waals surface area (Å²) in [5, 5.41) is 13.4. The Hall–Kier alpha value is -2.41. The summed E-state index contributed by atoms with van der Waals surface area (Å²) in [7, 11) is 3.20. The van der Waals surface area contributed by atoms with Crippen LogP contribution in [0.4, 0.5) is 5.82 Å². The van der Waals surface area contributed by atoms with Crippen LogP contribution in [0.3, 0.4) is 0 Å². The van der Waals surface area contributed by atoms with Gasteiger partial charge in [0.25, 0.3) is 0 Å². The first-order valence-electron chi connectivity index (χ1n) is 8.44. The van der Waals surface area contributed by atoms with Crippen molar-refractivity contribution < 1.29 is 14.6 Å². The number of fused-ring (bicyclic) bond motifs is 1. The summed E-state index contributed by atoms with van der Waals surface area (Å²) < 4.78 is 5.23. The Balaban J connectivity index is 1.90. The van der Waals surface area contributed by atoms with Crippen LogP contribution >= 0.6 is 0 Å². The highest BCUT2D eigenvalue weighted by Gasteiger charge is 2.36. The van der Waals surface area contributed by atoms with Crippen molar-refractivity contribution in [2.45, 2.75) is 31.8 Å². The van der Waals surface area contributed by atoms with Crippen LogP contribution in [0, 0.1) is 6.92 Å². The highest BCUT2D eigenvalue weighted by Crippen LogP contribution is 2.30. The van der Waals surface area contributed by atoms with Crippen LogP contribution in [0.2, 0.25) is 0 Å². The monoisotopic (exact) mass is 344 g/mol. The molecule has 1 saturated heterocycles. The molecule has 2 N–H and O–H groups in total. The number of aryl methyl sites for hydroxylation is 1. The molecular formula is C18H24N4O3. The van der Waals surface area contributed by atoms with E-state index in [2.05, 4.69) is 10.3 Å². The van der Waals surface area contributed by atoms with Crippen LogP contribution < -0.4 is 15.0 Å². The second-order valence-electron chi connectivity index (χ2n) is 6.59. The maximum Gasteiger partial charge on any atom is 0.222 e. The lowest BCUT2D eigenvalue weighted by Gasteiger charge is -2.39. The minimum Gasteiger partial charge on any atom is -0.497 e. The van der Waals surface area contributed by atoms with E-state index in [1.807, 2.05) is 30.0 Å². The molecule has 3 rings (SSSR count). The topological polar surface area (TPSA) is 87.6 Å². The number of carbonyl (C=O) groups excluding carboxylic acids is 1. The molecular weight excluding hydrogens is 320 g/mol. The van der Waals surface area contributed by atoms with Gasteiger partial charge in [-0.05, 0) is 31.9 Å². The number of carbonyl (C=O) groups is 1. The fourth-order valence-electron chi connectivity index (χ4n) is 3.36. The lowest BCUT2D eigenvalue weighted by Crippen LogP contribution is -2.50. The molecule has 2 heterocycles. The number of aromatic nitrogens is 2. The van der Waals surface area contributed by atoms with Crippen molar-refractivity contribution in [2.24, 2.45) is 0 Å². The number of hydrogen-bond acceptors (Lipinski definition) is 6. The summed E-state index contributed by atoms with van der Waals surface area (Å²) >= 11 is 0. The molecule has 2 aromatic rings. The highest BCUT2D eigenvalue weighted by atomic mass is 16.5. The number of ether oxygens (including phenoxy) is 1. The maximum absolute atomic E-state index is 11.7. The van der Waals surface area contributed by atoms with E-state index in [-0.39, 0.29) is 12.3 Å². The Morgan fingerprint density at radius 3 is 2.92 bits per heavy atom. The third-order valence-corrected chi connectivity index (χ3v) is 4.64. The van der Waals surface area contributed by atoms with Crippen LogP contribution in [0.15, 0.2) is 18.2 Å². The van der Waals surface area contributed by atoms with Gasteiger partial charge in [-0.2, -0.15) is 0 Å². The molecule has 7 heteroatoms. The number of aliphatic hydroxyl groups is 1. The molecule has 0 aliphatic carbocycles. The molecule has 1 fully saturated rings. The Bertz CT molecular complexity index is 795. The van der Waals surface area contributed by atoms with Crippen LogP contribution in [-0.4, -0.2) is 53.8 Å². The molecule has 25 heavy (non-hydrogen) atoms. The number of amides is 1. The maximum atomic E-state index is 11.7. The van der Waals surface area contributed by atoms with Crippen molar-refractivity contribution in [1.29, 1.82) is 0 Å². The average molecular weight is 344 g/mol. The molecule has 0 spiro atoms. The molecule has 0 radical (unpaired) electrons. The first kappa shape index (κ1) is 17.4. The third-order valence-electron chi connectivity index (χ3n) is 4.64. The molecule has 1 aromatic heterocycles. The quantitative estimate of drug-likeness (QED) is 0.872. The van der Waals surface area contributed by atoms with Gasteiger partial charge in [0.1, 0.15) is 5.75 Å². The van der Waals surface area contributed by atoms with Crippen molar-refractivity contribution in [3.05, 3.63) is 23.9 Å². The molecule has 1 aliphatic rings. The van der Waals surface area contributed by atoms with Gasteiger partial charge >= 0.3 is 0 Å². The Kier molecular flexibility index (Phi) is 4.76. The molecule has 134 valence electrons. The highest BCUT2D eigenvalue weighted by molar-refractivity contribution is 5.79. The Labute approximate surface area is 147 Å². The zero-order valence-electron chi connectivity index (χ0n) is 14.9. The first-order chi connectivity index (χ1) is 11.9. The minimum absolute atomic E-state index is 0.0945. The fraction of sp³-hybridized carbons (Fsp3) is 0.500. The number of hydrogen-bond donors (Lipinski definition) is 2. The second-order valence-corrected chi connectivity index (χ2v) is 6.59. The van der Waals surface area contributed by atoms with Gasteiger partial charge in [0, 0.05) is 26.2 Å². The smallest absolute Gasteiger partial charge is 0.222 e. The van der Waals surface area contributed by atoms with E-state index in [9.17, 15) is 9.90 Å². The number of methoxy groups -OCH3 is 1. The summed E-state index contributed by atoms with van der Waals surface area (Å²) in [6.45, 7) is 3.07. The number of nitrogens with zero attached hydrogens (tertiary/aromatic N) is 3. The largest absolute Gasteiger partial charge is 0.497 e. The third kappa shape index (κ3) is 3.66. The first-order valence-corrected chi connectivity index (χ1v) is 8.44. The zero-order valence-corrected chi connectivity index (χ0v) is 14.9. The Morgan fingerprint density at radius 1 is 1.40 bits per heavy atom. The number of rotatable bonds is 4. The van der Waals surface area contributed by atoms with Crippen LogP contribution in [0.5, 0.6) is 5.75 Å². The van der Waals surface area contributed by atoms with E-state index in [4.69, 9.17) is 9.72 Å². The zero-order chi connectivity index (χ0) is 18.0. The van der Waals surface area contributed by atoms with Crippen molar-refractivity contribution in [1.82, 2.24) is 15.3 Å². The van der Waals surface area contributed by atoms with E-state index in [0.717, 1.165) is 41.3 Å². The summed E-state index contributed by atoms with van der Waals surface area (Å²) in [5.74, 6) is 1.34. The van der Waals surface area contributed by atoms with Gasteiger partial charge in [0.2, 0.25) is 5.91 Å². The average Bonchev–Trinajstić information content (AvgIpc) is 2.60. The summed E-state index contributed by atoms with van der Waals surface area (Å²) in [5.41, 5.74) is 1.31. The lowest BCUT2D eigenvalue weighted by molar-refractivity contribution is -0.125. The van der Waals surface area contributed by atoms with Gasteiger partial charge in [0.15, 0.2) is 5.82 Å². The SMILES string of the molecule is CNC(=O)CC1(O)CCCN(c2nc3ccc(OC)cc3nc2C)C1. The van der Waals surface area contributed by atoms with E-state index in [1.165, 1.54) is 0 Å². The van der Waals surface area contributed by atoms with Crippen molar-refractivity contribution in [3.63, 3.8) is 0 Å². The number of β-amino-alcohol motifs (C(OH)–C–C–N with tert-alkyl or cyclic N) is 1. The van der Waals surface area contributed by atoms with Crippen LogP contribution in [0.1, 0.15) is 25.0 Å². The summed E-state index contributed by atoms with van der Waals surface area (Å²) in [6, 6.07) is 5.59. The van der Waals surface area contributed by atoms with Gasteiger partial charge in [-0.3, -0.25) is 4.79 Å². The number of benzene rings is 1. The standard InChI is InChI=1S/C18H24N4O3/c1-12-17(21-14-6-5-13(25-3)9-15(14)20-12)22-8-4-7-18(24,11-22)10-16(23)19-2/h5-6,9,24H,4,7-8,10-11H2,1-3H3,(H,19,23). The van der Waals surface area contributed by atoms with Gasteiger partial charge < -0.3 is 20.1 Å². The minimum atomic E-state index is -1.04. The molecule has 7 nitrogen and oxygen atoms in total. The predicted octanol–water partition coefficient (Wildman–Crippen LogP) is 1.41. The fourth-order valence-corrected chi connectivity index (χ4v) is 3.36. The van der Waals surface area contributed by atoms with Crippen LogP contribution in [-0.2, 0) is 4.79 Å². The second kappa shape index (κ2) is 6.84. The molecule has 1 atom stereocenters. The van der Waals surface area contributed by atoms with E-state index in [0.29, 0.717) is 13.0 Å². The molecule has 1 aromatic carbocycles. The number of nitrogens with one attached hydrogen (secondary N) is 1. The predicted molar refractivity (Wildman–Crippen MR) is 95.9 cm³/mol. The lowest BCUT2D eigenvalue weighted by atomic mass is 9.89. The normalized spacial score (nSPS) is 20.6. The van der Waals surface area contributed by atoms with Crippen LogP contribution in [0.25, 0.3) is 11.0 Å². The Morgan fingerprint density at radius 2 is 2.20 bits per heavy atom. The molecule has 1 aliphatic heterocycles. The molecule has 1 unspecified atom stereocenters. The van der Waals surface area contributed by atoms with E-state index in [1.54, 1.807) is 14.2 Å². The number of piperidine rings is 1. The number of anilines is 1. The van der Waals surface area contributed by atoms with Crippen molar-refractivity contribution in [2.75, 3.05) is 32.1 Å². The molecule has 0 saturated carbocycles. The van der Waals surface area contributed by atoms with E-state index >= 15 is 0 Å². The van der Waals surface area contributed by atoms with Crippen molar-refractivity contribution >= 4 is 22.8 Å². The van der Waals surface area contributed by atoms with Gasteiger partial charge in [-0.1, -0.05) is 0 Å². The van der Waals surface area contributed by atoms with Crippen molar-refractivity contribution in [3.8, 4) is 5.75 Å². The van der Waals surface area contributed by atoms with E-state index < -0.39 is 5.60 Å². The van der Waals surface area contributed by atoms with Gasteiger partial charge in [-0.25, -0.2) is 9.97 Å². The van der Waals surface area contributed by atoms with Gasteiger partial charge in [0.05, 0.1) is 35.9 Å². The molecule has 0 bridgehead atoms. The molecule has 1 amide bonds. The summed E-state index contributed by atoms with van der Waals surface area (Å²) in [6.07, 6.45) is 1.50. The van der Waals surface area contributed by atoms with Gasteiger partial charge in [-0.15, -0.1) is 0 Å². The summed E-state index contributed by atoms with van der Waals surface area (Å²) in [4.78, 5) is 23.1.